The largest absolute Gasteiger partial charge is 0.326 e. The van der Waals surface area contributed by atoms with Crippen molar-refractivity contribution in [3.8, 4) is 0 Å². The van der Waals surface area contributed by atoms with Gasteiger partial charge in [-0.2, -0.15) is 0 Å². The zero-order valence-corrected chi connectivity index (χ0v) is 7.51. The van der Waals surface area contributed by atoms with Gasteiger partial charge in [-0.1, -0.05) is 24.3 Å². The number of nitrogens with two attached hydrogens (primary N) is 1. The van der Waals surface area contributed by atoms with Crippen LogP contribution in [-0.2, 0) is 17.8 Å². The third-order valence-electron chi connectivity index (χ3n) is 1.58. The summed E-state index contributed by atoms with van der Waals surface area (Å²) in [6.07, 6.45) is 1.39. The summed E-state index contributed by atoms with van der Waals surface area (Å²) in [5, 5.41) is 0. The van der Waals surface area contributed by atoms with E-state index in [4.69, 9.17) is 5.73 Å². The van der Waals surface area contributed by atoms with Crippen molar-refractivity contribution in [1.29, 1.82) is 0 Å². The van der Waals surface area contributed by atoms with Gasteiger partial charge in [0.05, 0.1) is 0 Å². The first-order chi connectivity index (χ1) is 5.36. The van der Waals surface area contributed by atoms with Gasteiger partial charge < -0.3 is 10.5 Å². The molecule has 0 unspecified atom stereocenters. The first kappa shape index (κ1) is 11.1. The summed E-state index contributed by atoms with van der Waals surface area (Å²) in [6, 6.07) is 7.74. The van der Waals surface area contributed by atoms with Crippen molar-refractivity contribution in [3.05, 3.63) is 35.4 Å². The van der Waals surface area contributed by atoms with E-state index in [9.17, 15) is 4.79 Å². The molecular weight excluding hydrogens is 174 g/mol. The lowest BCUT2D eigenvalue weighted by Crippen LogP contribution is -1.96. The summed E-state index contributed by atoms with van der Waals surface area (Å²) in [5.74, 6) is 0. The maximum atomic E-state index is 10.1. The highest BCUT2D eigenvalue weighted by atomic mass is 35.5. The molecule has 0 heterocycles. The van der Waals surface area contributed by atoms with Crippen molar-refractivity contribution >= 4 is 18.7 Å². The summed E-state index contributed by atoms with van der Waals surface area (Å²) in [4.78, 5) is 10.1. The van der Waals surface area contributed by atoms with Gasteiger partial charge in [-0.3, -0.25) is 0 Å². The van der Waals surface area contributed by atoms with Crippen LogP contribution >= 0.6 is 12.4 Å². The van der Waals surface area contributed by atoms with E-state index in [1.54, 1.807) is 0 Å². The van der Waals surface area contributed by atoms with Gasteiger partial charge in [0.2, 0.25) is 0 Å². The zero-order chi connectivity index (χ0) is 8.10. The predicted molar refractivity (Wildman–Crippen MR) is 51.3 cm³/mol. The minimum Gasteiger partial charge on any atom is -0.326 e. The molecule has 0 saturated carbocycles. The van der Waals surface area contributed by atoms with Gasteiger partial charge in [0, 0.05) is 13.0 Å². The number of aldehydes is 1. The molecule has 0 aliphatic carbocycles. The van der Waals surface area contributed by atoms with E-state index in [2.05, 4.69) is 0 Å². The number of carbonyl (C=O) groups excluding carboxylic acids is 1. The number of hydrogen-bond donors (Lipinski definition) is 1. The molecule has 0 aromatic heterocycles. The van der Waals surface area contributed by atoms with E-state index >= 15 is 0 Å². The van der Waals surface area contributed by atoms with Crippen molar-refractivity contribution < 1.29 is 4.79 Å². The highest BCUT2D eigenvalue weighted by Crippen LogP contribution is 2.02. The molecular formula is C9H12ClNO. The van der Waals surface area contributed by atoms with Crippen molar-refractivity contribution in [2.45, 2.75) is 13.0 Å². The van der Waals surface area contributed by atoms with Crippen LogP contribution in [0, 0.1) is 0 Å². The van der Waals surface area contributed by atoms with Crippen LogP contribution in [0.4, 0.5) is 0 Å². The monoisotopic (exact) mass is 185 g/mol. The van der Waals surface area contributed by atoms with Crippen molar-refractivity contribution in [2.75, 3.05) is 0 Å². The quantitative estimate of drug-likeness (QED) is 0.722. The number of halogens is 1. The lowest BCUT2D eigenvalue weighted by molar-refractivity contribution is -0.107. The second-order valence-electron chi connectivity index (χ2n) is 2.39. The SMILES string of the molecule is Cl.NCc1ccc(CC=O)cc1. The third-order valence-corrected chi connectivity index (χ3v) is 1.58. The number of benzene rings is 1. The molecule has 0 bridgehead atoms. The molecule has 1 aromatic carbocycles. The normalized spacial score (nSPS) is 8.75. The lowest BCUT2D eigenvalue weighted by Gasteiger charge is -1.97. The van der Waals surface area contributed by atoms with Gasteiger partial charge in [0.1, 0.15) is 6.29 Å². The van der Waals surface area contributed by atoms with E-state index in [0.717, 1.165) is 17.4 Å². The highest BCUT2D eigenvalue weighted by Gasteiger charge is 1.90. The average molecular weight is 186 g/mol. The van der Waals surface area contributed by atoms with Gasteiger partial charge in [-0.25, -0.2) is 0 Å². The van der Waals surface area contributed by atoms with Gasteiger partial charge in [0.25, 0.3) is 0 Å². The van der Waals surface area contributed by atoms with Crippen LogP contribution in [0.5, 0.6) is 0 Å². The lowest BCUT2D eigenvalue weighted by atomic mass is 10.1. The molecule has 0 aliphatic rings. The molecule has 1 aromatic rings. The molecule has 66 valence electrons. The van der Waals surface area contributed by atoms with Crippen molar-refractivity contribution in [3.63, 3.8) is 0 Å². The van der Waals surface area contributed by atoms with Gasteiger partial charge in [0.15, 0.2) is 0 Å². The van der Waals surface area contributed by atoms with Crippen LogP contribution in [0.2, 0.25) is 0 Å². The summed E-state index contributed by atoms with van der Waals surface area (Å²) in [6.45, 7) is 0.557. The Kier molecular flexibility index (Phi) is 5.34. The Morgan fingerprint density at radius 3 is 2.08 bits per heavy atom. The molecule has 0 fully saturated rings. The molecule has 0 spiro atoms. The minimum atomic E-state index is 0. The van der Waals surface area contributed by atoms with Crippen LogP contribution < -0.4 is 5.73 Å². The fourth-order valence-corrected chi connectivity index (χ4v) is 0.908. The van der Waals surface area contributed by atoms with Gasteiger partial charge in [-0.05, 0) is 11.1 Å². The molecule has 0 atom stereocenters. The topological polar surface area (TPSA) is 43.1 Å². The summed E-state index contributed by atoms with van der Waals surface area (Å²) < 4.78 is 0. The number of hydrogen-bond acceptors (Lipinski definition) is 2. The fourth-order valence-electron chi connectivity index (χ4n) is 0.908. The molecule has 0 saturated heterocycles. The maximum absolute atomic E-state index is 10.1. The maximum Gasteiger partial charge on any atom is 0.124 e. The van der Waals surface area contributed by atoms with E-state index in [1.165, 1.54) is 0 Å². The fraction of sp³-hybridized carbons (Fsp3) is 0.222. The second kappa shape index (κ2) is 5.75. The Hall–Kier alpha value is -0.860. The van der Waals surface area contributed by atoms with Gasteiger partial charge >= 0.3 is 0 Å². The van der Waals surface area contributed by atoms with Crippen LogP contribution in [-0.4, -0.2) is 6.29 Å². The van der Waals surface area contributed by atoms with E-state index in [-0.39, 0.29) is 12.4 Å². The standard InChI is InChI=1S/C9H11NO.ClH/c10-7-9-3-1-8(2-4-9)5-6-11;/h1-4,6H,5,7,10H2;1H. The second-order valence-corrected chi connectivity index (χ2v) is 2.39. The molecule has 3 heteroatoms. The zero-order valence-electron chi connectivity index (χ0n) is 6.69. The minimum absolute atomic E-state index is 0. The third kappa shape index (κ3) is 3.03. The molecule has 0 amide bonds. The van der Waals surface area contributed by atoms with Gasteiger partial charge in [-0.15, -0.1) is 12.4 Å². The first-order valence-electron chi connectivity index (χ1n) is 3.58. The average Bonchev–Trinajstić information content (AvgIpc) is 2.07. The summed E-state index contributed by atoms with van der Waals surface area (Å²) in [5.41, 5.74) is 7.54. The van der Waals surface area contributed by atoms with Crippen LogP contribution in [0.25, 0.3) is 0 Å². The smallest absolute Gasteiger partial charge is 0.124 e. The first-order valence-corrected chi connectivity index (χ1v) is 3.58. The van der Waals surface area contributed by atoms with E-state index < -0.39 is 0 Å². The Labute approximate surface area is 78.2 Å². The number of rotatable bonds is 3. The Balaban J connectivity index is 0.00000121. The van der Waals surface area contributed by atoms with Crippen LogP contribution in [0.3, 0.4) is 0 Å². The molecule has 0 radical (unpaired) electrons. The van der Waals surface area contributed by atoms with Crippen molar-refractivity contribution in [1.82, 2.24) is 0 Å². The predicted octanol–water partition coefficient (Wildman–Crippen LogP) is 1.31. The van der Waals surface area contributed by atoms with E-state index in [0.29, 0.717) is 13.0 Å². The van der Waals surface area contributed by atoms with E-state index in [1.807, 2.05) is 24.3 Å². The van der Waals surface area contributed by atoms with Crippen LogP contribution in [0.1, 0.15) is 11.1 Å². The summed E-state index contributed by atoms with van der Waals surface area (Å²) >= 11 is 0. The molecule has 2 N–H and O–H groups in total. The van der Waals surface area contributed by atoms with Crippen LogP contribution in [0.15, 0.2) is 24.3 Å². The van der Waals surface area contributed by atoms with Crippen molar-refractivity contribution in [2.24, 2.45) is 5.73 Å². The summed E-state index contributed by atoms with van der Waals surface area (Å²) in [7, 11) is 0. The molecule has 0 aliphatic heterocycles. The Bertz CT molecular complexity index is 233. The Morgan fingerprint density at radius 1 is 1.17 bits per heavy atom. The highest BCUT2D eigenvalue weighted by molar-refractivity contribution is 5.85. The molecule has 12 heavy (non-hydrogen) atoms. The Morgan fingerprint density at radius 2 is 1.67 bits per heavy atom. The molecule has 2 nitrogen and oxygen atoms in total. The number of carbonyl (C=O) groups is 1. The molecule has 1 rings (SSSR count).